The fourth-order valence-electron chi connectivity index (χ4n) is 2.98. The van der Waals surface area contributed by atoms with Crippen molar-refractivity contribution in [3.05, 3.63) is 46.9 Å². The maximum Gasteiger partial charge on any atom is 0.338 e. The van der Waals surface area contributed by atoms with Gasteiger partial charge < -0.3 is 20.1 Å². The quantitative estimate of drug-likeness (QED) is 0.791. The van der Waals surface area contributed by atoms with E-state index in [9.17, 15) is 14.0 Å². The lowest BCUT2D eigenvalue weighted by Crippen LogP contribution is -2.49. The molecule has 1 atom stereocenters. The van der Waals surface area contributed by atoms with Crippen LogP contribution in [0.1, 0.15) is 11.6 Å². The van der Waals surface area contributed by atoms with Crippen molar-refractivity contribution in [2.24, 2.45) is 0 Å². The summed E-state index contributed by atoms with van der Waals surface area (Å²) >= 11 is 0. The molecule has 2 aliphatic rings. The van der Waals surface area contributed by atoms with Gasteiger partial charge in [-0.1, -0.05) is 12.1 Å². The van der Waals surface area contributed by atoms with E-state index in [-0.39, 0.29) is 5.82 Å². The molecule has 0 bridgehead atoms. The fraction of sp³-hybridized carbons (Fsp3) is 0.412. The first-order valence-corrected chi connectivity index (χ1v) is 8.03. The summed E-state index contributed by atoms with van der Waals surface area (Å²) in [4.78, 5) is 26.6. The van der Waals surface area contributed by atoms with Crippen molar-refractivity contribution in [1.82, 2.24) is 15.5 Å². The van der Waals surface area contributed by atoms with Crippen molar-refractivity contribution in [2.75, 3.05) is 40.0 Å². The number of morpholine rings is 1. The van der Waals surface area contributed by atoms with Gasteiger partial charge in [0.05, 0.1) is 31.9 Å². The average molecular weight is 349 g/mol. The van der Waals surface area contributed by atoms with Crippen LogP contribution in [0.3, 0.4) is 0 Å². The minimum atomic E-state index is -0.696. The summed E-state index contributed by atoms with van der Waals surface area (Å²) in [7, 11) is 1.29. The molecular formula is C17H20FN3O4. The molecule has 0 spiro atoms. The van der Waals surface area contributed by atoms with Crippen LogP contribution in [-0.4, -0.2) is 56.9 Å². The Labute approximate surface area is 144 Å². The zero-order valence-electron chi connectivity index (χ0n) is 13.9. The first-order chi connectivity index (χ1) is 12.1. The number of halogens is 1. The van der Waals surface area contributed by atoms with Gasteiger partial charge in [0.25, 0.3) is 0 Å². The molecule has 2 amide bonds. The number of rotatable bonds is 4. The van der Waals surface area contributed by atoms with Gasteiger partial charge >= 0.3 is 12.0 Å². The zero-order chi connectivity index (χ0) is 17.8. The van der Waals surface area contributed by atoms with Crippen LogP contribution in [-0.2, 0) is 14.3 Å². The molecular weight excluding hydrogens is 329 g/mol. The predicted molar refractivity (Wildman–Crippen MR) is 87.1 cm³/mol. The molecule has 2 heterocycles. The number of methoxy groups -OCH3 is 1. The van der Waals surface area contributed by atoms with Crippen LogP contribution in [0.5, 0.6) is 0 Å². The SMILES string of the molecule is COC(=O)C1=C(CN2CCOCC2)NC(=O)N[C@@H]1c1ccc(F)cc1. The Kier molecular flexibility index (Phi) is 5.30. The van der Waals surface area contributed by atoms with Gasteiger partial charge in [0.2, 0.25) is 0 Å². The normalized spacial score (nSPS) is 21.5. The van der Waals surface area contributed by atoms with Gasteiger partial charge in [0, 0.05) is 25.3 Å². The number of nitrogens with zero attached hydrogens (tertiary/aromatic N) is 1. The van der Waals surface area contributed by atoms with Crippen LogP contribution in [0.25, 0.3) is 0 Å². The highest BCUT2D eigenvalue weighted by atomic mass is 19.1. The number of urea groups is 1. The van der Waals surface area contributed by atoms with Gasteiger partial charge in [-0.2, -0.15) is 0 Å². The largest absolute Gasteiger partial charge is 0.466 e. The van der Waals surface area contributed by atoms with E-state index in [0.717, 1.165) is 0 Å². The molecule has 1 aromatic rings. The van der Waals surface area contributed by atoms with Gasteiger partial charge in [-0.3, -0.25) is 4.90 Å². The van der Waals surface area contributed by atoms with E-state index in [1.807, 2.05) is 0 Å². The van der Waals surface area contributed by atoms with Crippen molar-refractivity contribution in [1.29, 1.82) is 0 Å². The summed E-state index contributed by atoms with van der Waals surface area (Å²) in [5, 5.41) is 5.42. The summed E-state index contributed by atoms with van der Waals surface area (Å²) in [6.07, 6.45) is 0. The molecule has 134 valence electrons. The molecule has 0 unspecified atom stereocenters. The molecule has 1 fully saturated rings. The Balaban J connectivity index is 1.96. The number of amides is 2. The molecule has 3 rings (SSSR count). The third-order valence-electron chi connectivity index (χ3n) is 4.25. The highest BCUT2D eigenvalue weighted by Gasteiger charge is 2.34. The molecule has 1 aromatic carbocycles. The van der Waals surface area contributed by atoms with Crippen LogP contribution in [0.2, 0.25) is 0 Å². The fourth-order valence-corrected chi connectivity index (χ4v) is 2.98. The van der Waals surface area contributed by atoms with Crippen LogP contribution in [0.4, 0.5) is 9.18 Å². The maximum atomic E-state index is 13.2. The molecule has 8 heteroatoms. The Hall–Kier alpha value is -2.45. The second-order valence-electron chi connectivity index (χ2n) is 5.86. The number of ether oxygens (including phenoxy) is 2. The number of carbonyl (C=O) groups is 2. The Morgan fingerprint density at radius 1 is 1.32 bits per heavy atom. The standard InChI is InChI=1S/C17H20FN3O4/c1-24-16(22)14-13(10-21-6-8-25-9-7-21)19-17(23)20-15(14)11-2-4-12(18)5-3-11/h2-5,15H,6-10H2,1H3,(H2,19,20,23)/t15-/m1/s1. The monoisotopic (exact) mass is 349 g/mol. The van der Waals surface area contributed by atoms with Crippen LogP contribution >= 0.6 is 0 Å². The van der Waals surface area contributed by atoms with Gasteiger partial charge in [-0.05, 0) is 17.7 Å². The van der Waals surface area contributed by atoms with E-state index in [1.54, 1.807) is 12.1 Å². The van der Waals surface area contributed by atoms with Gasteiger partial charge in [-0.15, -0.1) is 0 Å². The molecule has 0 aromatic heterocycles. The second kappa shape index (κ2) is 7.62. The Morgan fingerprint density at radius 2 is 2.00 bits per heavy atom. The summed E-state index contributed by atoms with van der Waals surface area (Å²) < 4.78 is 23.5. The maximum absolute atomic E-state index is 13.2. The predicted octanol–water partition coefficient (Wildman–Crippen LogP) is 0.939. The van der Waals surface area contributed by atoms with Crippen LogP contribution < -0.4 is 10.6 Å². The van der Waals surface area contributed by atoms with Crippen LogP contribution in [0, 0.1) is 5.82 Å². The average Bonchev–Trinajstić information content (AvgIpc) is 2.62. The van der Waals surface area contributed by atoms with Crippen molar-refractivity contribution in [3.63, 3.8) is 0 Å². The smallest absolute Gasteiger partial charge is 0.338 e. The summed E-state index contributed by atoms with van der Waals surface area (Å²) in [6.45, 7) is 3.03. The topological polar surface area (TPSA) is 79.9 Å². The Morgan fingerprint density at radius 3 is 2.64 bits per heavy atom. The van der Waals surface area contributed by atoms with E-state index in [1.165, 1.54) is 19.2 Å². The lowest BCUT2D eigenvalue weighted by molar-refractivity contribution is -0.136. The number of benzene rings is 1. The number of hydrogen-bond donors (Lipinski definition) is 2. The summed E-state index contributed by atoms with van der Waals surface area (Å²) in [5.74, 6) is -0.925. The van der Waals surface area contributed by atoms with Gasteiger partial charge in [-0.25, -0.2) is 14.0 Å². The molecule has 0 aliphatic carbocycles. The molecule has 25 heavy (non-hydrogen) atoms. The summed E-state index contributed by atoms with van der Waals surface area (Å²) in [6, 6.07) is 4.56. The van der Waals surface area contributed by atoms with E-state index in [0.29, 0.717) is 49.7 Å². The first-order valence-electron chi connectivity index (χ1n) is 8.03. The highest BCUT2D eigenvalue weighted by molar-refractivity contribution is 5.95. The lowest BCUT2D eigenvalue weighted by Gasteiger charge is -2.33. The Bertz CT molecular complexity index is 684. The van der Waals surface area contributed by atoms with Crippen molar-refractivity contribution >= 4 is 12.0 Å². The third kappa shape index (κ3) is 3.97. The van der Waals surface area contributed by atoms with Gasteiger partial charge in [0.15, 0.2) is 0 Å². The second-order valence-corrected chi connectivity index (χ2v) is 5.86. The van der Waals surface area contributed by atoms with Crippen molar-refractivity contribution in [2.45, 2.75) is 6.04 Å². The summed E-state index contributed by atoms with van der Waals surface area (Å²) in [5.41, 5.74) is 1.42. The molecule has 2 N–H and O–H groups in total. The lowest BCUT2D eigenvalue weighted by atomic mass is 9.95. The van der Waals surface area contributed by atoms with Crippen molar-refractivity contribution < 1.29 is 23.5 Å². The minimum absolute atomic E-state index is 0.320. The highest BCUT2D eigenvalue weighted by Crippen LogP contribution is 2.28. The number of hydrogen-bond acceptors (Lipinski definition) is 5. The number of esters is 1. The van der Waals surface area contributed by atoms with Crippen molar-refractivity contribution in [3.8, 4) is 0 Å². The van der Waals surface area contributed by atoms with E-state index in [2.05, 4.69) is 15.5 Å². The van der Waals surface area contributed by atoms with E-state index in [4.69, 9.17) is 9.47 Å². The van der Waals surface area contributed by atoms with E-state index < -0.39 is 18.0 Å². The molecule has 7 nitrogen and oxygen atoms in total. The van der Waals surface area contributed by atoms with Gasteiger partial charge in [0.1, 0.15) is 5.82 Å². The van der Waals surface area contributed by atoms with E-state index >= 15 is 0 Å². The van der Waals surface area contributed by atoms with Crippen LogP contribution in [0.15, 0.2) is 35.5 Å². The molecule has 1 saturated heterocycles. The number of carbonyl (C=O) groups excluding carboxylic acids is 2. The molecule has 0 radical (unpaired) electrons. The zero-order valence-corrected chi connectivity index (χ0v) is 13.9. The first kappa shape index (κ1) is 17.4. The number of nitrogens with one attached hydrogen (secondary N) is 2. The minimum Gasteiger partial charge on any atom is -0.466 e. The molecule has 0 saturated carbocycles. The third-order valence-corrected chi connectivity index (χ3v) is 4.25. The molecule has 2 aliphatic heterocycles.